The van der Waals surface area contributed by atoms with Crippen LogP contribution in [0.4, 0.5) is 0 Å². The van der Waals surface area contributed by atoms with Gasteiger partial charge in [0.05, 0.1) is 0 Å². The molecule has 0 amide bonds. The number of hydrogen-bond donors (Lipinski definition) is 0. The average Bonchev–Trinajstić information content (AvgIpc) is 2.38. The molecule has 1 aromatic carbocycles. The van der Waals surface area contributed by atoms with E-state index in [4.69, 9.17) is 4.74 Å². The van der Waals surface area contributed by atoms with Crippen LogP contribution in [-0.2, 0) is 0 Å². The molecule has 0 heterocycles. The summed E-state index contributed by atoms with van der Waals surface area (Å²) in [5, 5.41) is 9.30. The standard InChI is InChI=1S/C17H22BrNO/c1-11(2)13-8-7-12(3)9-17(13)20-16-6-4-5-15(18)14(16)10-19/h4-6,11-13,17H,7-9H2,1-3H3. The van der Waals surface area contributed by atoms with E-state index in [2.05, 4.69) is 42.8 Å². The zero-order valence-corrected chi connectivity index (χ0v) is 14.0. The van der Waals surface area contributed by atoms with Crippen LogP contribution in [0.2, 0.25) is 0 Å². The molecule has 0 bridgehead atoms. The molecule has 20 heavy (non-hydrogen) atoms. The first-order valence-corrected chi connectivity index (χ1v) is 8.17. The summed E-state index contributed by atoms with van der Waals surface area (Å²) in [7, 11) is 0. The quantitative estimate of drug-likeness (QED) is 0.764. The molecule has 0 aliphatic heterocycles. The first-order valence-electron chi connectivity index (χ1n) is 7.38. The molecular formula is C17H22BrNO. The lowest BCUT2D eigenvalue weighted by Gasteiger charge is -2.37. The minimum Gasteiger partial charge on any atom is -0.489 e. The number of nitriles is 1. The zero-order valence-electron chi connectivity index (χ0n) is 12.4. The lowest BCUT2D eigenvalue weighted by Crippen LogP contribution is -2.36. The predicted molar refractivity (Wildman–Crippen MR) is 84.6 cm³/mol. The van der Waals surface area contributed by atoms with Crippen LogP contribution in [0, 0.1) is 29.1 Å². The summed E-state index contributed by atoms with van der Waals surface area (Å²) in [6, 6.07) is 7.95. The monoisotopic (exact) mass is 335 g/mol. The van der Waals surface area contributed by atoms with Crippen molar-refractivity contribution in [1.82, 2.24) is 0 Å². The maximum atomic E-state index is 9.30. The van der Waals surface area contributed by atoms with E-state index in [1.165, 1.54) is 12.8 Å². The molecule has 2 rings (SSSR count). The molecule has 1 aliphatic carbocycles. The summed E-state index contributed by atoms with van der Waals surface area (Å²) in [5.74, 6) is 2.61. The Kier molecular flexibility index (Phi) is 5.10. The molecular weight excluding hydrogens is 314 g/mol. The Hall–Kier alpha value is -1.01. The molecule has 1 fully saturated rings. The fraction of sp³-hybridized carbons (Fsp3) is 0.588. The number of nitrogens with zero attached hydrogens (tertiary/aromatic N) is 1. The topological polar surface area (TPSA) is 33.0 Å². The number of rotatable bonds is 3. The highest BCUT2D eigenvalue weighted by atomic mass is 79.9. The summed E-state index contributed by atoms with van der Waals surface area (Å²) >= 11 is 3.43. The third-order valence-corrected chi connectivity index (χ3v) is 4.99. The van der Waals surface area contributed by atoms with Gasteiger partial charge in [-0.3, -0.25) is 0 Å². The van der Waals surface area contributed by atoms with Gasteiger partial charge in [0.25, 0.3) is 0 Å². The molecule has 1 aliphatic rings. The van der Waals surface area contributed by atoms with Crippen molar-refractivity contribution in [2.75, 3.05) is 0 Å². The largest absolute Gasteiger partial charge is 0.489 e. The normalized spacial score (nSPS) is 26.3. The Morgan fingerprint density at radius 2 is 2.10 bits per heavy atom. The molecule has 0 spiro atoms. The summed E-state index contributed by atoms with van der Waals surface area (Å²) in [4.78, 5) is 0. The maximum absolute atomic E-state index is 9.30. The van der Waals surface area contributed by atoms with Crippen LogP contribution in [0.3, 0.4) is 0 Å². The Balaban J connectivity index is 2.23. The van der Waals surface area contributed by atoms with Crippen molar-refractivity contribution in [3.63, 3.8) is 0 Å². The molecule has 2 nitrogen and oxygen atoms in total. The first kappa shape index (κ1) is 15.4. The van der Waals surface area contributed by atoms with Crippen LogP contribution in [0.5, 0.6) is 5.75 Å². The maximum Gasteiger partial charge on any atom is 0.138 e. The van der Waals surface area contributed by atoms with Gasteiger partial charge in [-0.05, 0) is 58.7 Å². The highest BCUT2D eigenvalue weighted by Gasteiger charge is 2.32. The average molecular weight is 336 g/mol. The summed E-state index contributed by atoms with van der Waals surface area (Å²) in [6.45, 7) is 6.82. The molecule has 3 unspecified atom stereocenters. The molecule has 1 aromatic rings. The summed E-state index contributed by atoms with van der Waals surface area (Å²) < 4.78 is 7.06. The highest BCUT2D eigenvalue weighted by Crippen LogP contribution is 2.37. The van der Waals surface area contributed by atoms with Crippen molar-refractivity contribution in [2.45, 2.75) is 46.1 Å². The Morgan fingerprint density at radius 1 is 1.35 bits per heavy atom. The van der Waals surface area contributed by atoms with Gasteiger partial charge in [0.15, 0.2) is 0 Å². The van der Waals surface area contributed by atoms with E-state index < -0.39 is 0 Å². The third kappa shape index (κ3) is 3.35. The van der Waals surface area contributed by atoms with Crippen molar-refractivity contribution in [2.24, 2.45) is 17.8 Å². The highest BCUT2D eigenvalue weighted by molar-refractivity contribution is 9.10. The SMILES string of the molecule is CC1CCC(C(C)C)C(Oc2cccc(Br)c2C#N)C1. The van der Waals surface area contributed by atoms with E-state index in [1.54, 1.807) is 0 Å². The van der Waals surface area contributed by atoms with E-state index in [-0.39, 0.29) is 6.10 Å². The van der Waals surface area contributed by atoms with Crippen molar-refractivity contribution < 1.29 is 4.74 Å². The Morgan fingerprint density at radius 3 is 2.75 bits per heavy atom. The molecule has 3 atom stereocenters. The van der Waals surface area contributed by atoms with Gasteiger partial charge in [-0.15, -0.1) is 0 Å². The fourth-order valence-electron chi connectivity index (χ4n) is 3.12. The van der Waals surface area contributed by atoms with Crippen molar-refractivity contribution in [3.8, 4) is 11.8 Å². The van der Waals surface area contributed by atoms with E-state index in [9.17, 15) is 5.26 Å². The van der Waals surface area contributed by atoms with Gasteiger partial charge < -0.3 is 4.74 Å². The third-order valence-electron chi connectivity index (χ3n) is 4.33. The van der Waals surface area contributed by atoms with Crippen LogP contribution in [0.25, 0.3) is 0 Å². The molecule has 0 N–H and O–H groups in total. The van der Waals surface area contributed by atoms with Crippen LogP contribution in [0.15, 0.2) is 22.7 Å². The molecule has 0 radical (unpaired) electrons. The van der Waals surface area contributed by atoms with E-state index in [0.717, 1.165) is 10.9 Å². The molecule has 1 saturated carbocycles. The molecule has 0 saturated heterocycles. The number of hydrogen-bond acceptors (Lipinski definition) is 2. The number of ether oxygens (including phenoxy) is 1. The molecule has 3 heteroatoms. The van der Waals surface area contributed by atoms with Crippen LogP contribution in [-0.4, -0.2) is 6.10 Å². The molecule has 108 valence electrons. The van der Waals surface area contributed by atoms with Gasteiger partial charge in [0.2, 0.25) is 0 Å². The lowest BCUT2D eigenvalue weighted by atomic mass is 9.75. The van der Waals surface area contributed by atoms with Gasteiger partial charge in [-0.25, -0.2) is 0 Å². The van der Waals surface area contributed by atoms with Crippen molar-refractivity contribution in [1.29, 1.82) is 5.26 Å². The van der Waals surface area contributed by atoms with Crippen molar-refractivity contribution in [3.05, 3.63) is 28.2 Å². The predicted octanol–water partition coefficient (Wildman–Crippen LogP) is 5.16. The van der Waals surface area contributed by atoms with Gasteiger partial charge in [0.1, 0.15) is 23.5 Å². The fourth-order valence-corrected chi connectivity index (χ4v) is 3.56. The first-order chi connectivity index (χ1) is 9.52. The van der Waals surface area contributed by atoms with Crippen LogP contribution >= 0.6 is 15.9 Å². The number of benzene rings is 1. The van der Waals surface area contributed by atoms with Crippen LogP contribution in [0.1, 0.15) is 45.6 Å². The van der Waals surface area contributed by atoms with Crippen molar-refractivity contribution >= 4 is 15.9 Å². The smallest absolute Gasteiger partial charge is 0.138 e. The lowest BCUT2D eigenvalue weighted by molar-refractivity contribution is 0.0457. The van der Waals surface area contributed by atoms with Gasteiger partial charge >= 0.3 is 0 Å². The summed E-state index contributed by atoms with van der Waals surface area (Å²) in [6.07, 6.45) is 3.81. The van der Waals surface area contributed by atoms with E-state index >= 15 is 0 Å². The van der Waals surface area contributed by atoms with E-state index in [1.807, 2.05) is 18.2 Å². The summed E-state index contributed by atoms with van der Waals surface area (Å²) in [5.41, 5.74) is 0.605. The minimum atomic E-state index is 0.222. The second-order valence-corrected chi connectivity index (χ2v) is 7.06. The van der Waals surface area contributed by atoms with Gasteiger partial charge in [-0.2, -0.15) is 5.26 Å². The van der Waals surface area contributed by atoms with Crippen LogP contribution < -0.4 is 4.74 Å². The Bertz CT molecular complexity index is 506. The second-order valence-electron chi connectivity index (χ2n) is 6.21. The molecule has 0 aromatic heterocycles. The van der Waals surface area contributed by atoms with Gasteiger partial charge in [0, 0.05) is 4.47 Å². The second kappa shape index (κ2) is 6.63. The minimum absolute atomic E-state index is 0.222. The number of halogens is 1. The Labute approximate surface area is 130 Å². The zero-order chi connectivity index (χ0) is 14.7. The van der Waals surface area contributed by atoms with E-state index in [0.29, 0.717) is 29.1 Å². The van der Waals surface area contributed by atoms with Gasteiger partial charge in [-0.1, -0.05) is 33.3 Å².